The van der Waals surface area contributed by atoms with Gasteiger partial charge in [0, 0.05) is 24.1 Å². The second-order valence-corrected chi connectivity index (χ2v) is 6.54. The lowest BCUT2D eigenvalue weighted by Gasteiger charge is -2.06. The van der Waals surface area contributed by atoms with E-state index in [4.69, 9.17) is 5.73 Å². The summed E-state index contributed by atoms with van der Waals surface area (Å²) >= 11 is 0. The standard InChI is InChI=1S/C12H17N3O4S/c1-20(18,19)7-6-14-11(16)8-15-12(17)9-2-4-10(13)5-3-9/h2-5H,6-8,13H2,1H3,(H,14,16)(H,15,17). The molecule has 1 aromatic carbocycles. The first-order chi connectivity index (χ1) is 9.28. The van der Waals surface area contributed by atoms with Crippen LogP contribution in [0, 0.1) is 0 Å². The molecule has 7 nitrogen and oxygen atoms in total. The number of amides is 2. The number of hydrogen-bond acceptors (Lipinski definition) is 5. The van der Waals surface area contributed by atoms with Crippen molar-refractivity contribution in [1.82, 2.24) is 10.6 Å². The van der Waals surface area contributed by atoms with Gasteiger partial charge in [0.25, 0.3) is 5.91 Å². The zero-order valence-corrected chi connectivity index (χ0v) is 11.9. The molecule has 4 N–H and O–H groups in total. The van der Waals surface area contributed by atoms with Gasteiger partial charge in [-0.3, -0.25) is 9.59 Å². The summed E-state index contributed by atoms with van der Waals surface area (Å²) in [4.78, 5) is 23.0. The zero-order valence-electron chi connectivity index (χ0n) is 11.0. The predicted molar refractivity (Wildman–Crippen MR) is 75.9 cm³/mol. The van der Waals surface area contributed by atoms with Crippen LogP contribution in [0.3, 0.4) is 0 Å². The lowest BCUT2D eigenvalue weighted by Crippen LogP contribution is -2.38. The van der Waals surface area contributed by atoms with Gasteiger partial charge in [0.05, 0.1) is 12.3 Å². The van der Waals surface area contributed by atoms with Crippen molar-refractivity contribution >= 4 is 27.3 Å². The van der Waals surface area contributed by atoms with Crippen LogP contribution in [0.5, 0.6) is 0 Å². The van der Waals surface area contributed by atoms with Gasteiger partial charge in [-0.1, -0.05) is 0 Å². The smallest absolute Gasteiger partial charge is 0.251 e. The lowest BCUT2D eigenvalue weighted by atomic mass is 10.2. The van der Waals surface area contributed by atoms with Crippen molar-refractivity contribution in [2.24, 2.45) is 0 Å². The molecule has 20 heavy (non-hydrogen) atoms. The van der Waals surface area contributed by atoms with E-state index < -0.39 is 21.7 Å². The Balaban J connectivity index is 2.34. The number of nitrogens with two attached hydrogens (primary N) is 1. The van der Waals surface area contributed by atoms with Crippen molar-refractivity contribution in [2.75, 3.05) is 30.8 Å². The summed E-state index contributed by atoms with van der Waals surface area (Å²) in [6, 6.07) is 6.26. The summed E-state index contributed by atoms with van der Waals surface area (Å²) in [6.45, 7) is -0.192. The minimum Gasteiger partial charge on any atom is -0.399 e. The highest BCUT2D eigenvalue weighted by Gasteiger charge is 2.08. The van der Waals surface area contributed by atoms with Gasteiger partial charge in [-0.2, -0.15) is 0 Å². The molecule has 1 rings (SSSR count). The van der Waals surface area contributed by atoms with Crippen LogP contribution in [0.1, 0.15) is 10.4 Å². The molecule has 0 radical (unpaired) electrons. The number of nitrogens with one attached hydrogen (secondary N) is 2. The quantitative estimate of drug-likeness (QED) is 0.592. The molecule has 0 saturated carbocycles. The number of hydrogen-bond donors (Lipinski definition) is 3. The van der Waals surface area contributed by atoms with E-state index in [1.165, 1.54) is 0 Å². The molecule has 0 aliphatic heterocycles. The van der Waals surface area contributed by atoms with Gasteiger partial charge in [-0.25, -0.2) is 8.42 Å². The van der Waals surface area contributed by atoms with E-state index in [-0.39, 0.29) is 18.8 Å². The number of carbonyl (C=O) groups excluding carboxylic acids is 2. The molecule has 0 atom stereocenters. The summed E-state index contributed by atoms with van der Waals surface area (Å²) in [5.41, 5.74) is 6.43. The molecule has 8 heteroatoms. The summed E-state index contributed by atoms with van der Waals surface area (Å²) in [6.07, 6.45) is 1.09. The first kappa shape index (κ1) is 16.0. The molecule has 0 bridgehead atoms. The molecular formula is C12H17N3O4S. The van der Waals surface area contributed by atoms with Gasteiger partial charge < -0.3 is 16.4 Å². The van der Waals surface area contributed by atoms with E-state index in [0.717, 1.165) is 6.26 Å². The summed E-state index contributed by atoms with van der Waals surface area (Å²) in [7, 11) is -3.11. The second-order valence-electron chi connectivity index (χ2n) is 4.28. The monoisotopic (exact) mass is 299 g/mol. The topological polar surface area (TPSA) is 118 Å². The summed E-state index contributed by atoms with van der Waals surface area (Å²) in [5, 5.41) is 4.83. The number of sulfone groups is 1. The second kappa shape index (κ2) is 6.90. The lowest BCUT2D eigenvalue weighted by molar-refractivity contribution is -0.120. The third kappa shape index (κ3) is 6.19. The first-order valence-corrected chi connectivity index (χ1v) is 7.92. The Morgan fingerprint density at radius 3 is 2.30 bits per heavy atom. The van der Waals surface area contributed by atoms with Crippen molar-refractivity contribution in [3.63, 3.8) is 0 Å². The number of anilines is 1. The van der Waals surface area contributed by atoms with Gasteiger partial charge in [0.2, 0.25) is 5.91 Å². The Hall–Kier alpha value is -2.09. The van der Waals surface area contributed by atoms with E-state index in [0.29, 0.717) is 11.3 Å². The molecule has 0 unspecified atom stereocenters. The van der Waals surface area contributed by atoms with Crippen LogP contribution in [0.2, 0.25) is 0 Å². The maximum Gasteiger partial charge on any atom is 0.251 e. The number of rotatable bonds is 6. The molecule has 0 aliphatic rings. The first-order valence-electron chi connectivity index (χ1n) is 5.86. The number of carbonyl (C=O) groups is 2. The molecule has 0 heterocycles. The normalized spacial score (nSPS) is 10.8. The molecule has 0 aromatic heterocycles. The minimum absolute atomic E-state index is 0.0232. The van der Waals surface area contributed by atoms with Crippen LogP contribution in [0.4, 0.5) is 5.69 Å². The Morgan fingerprint density at radius 1 is 1.15 bits per heavy atom. The average Bonchev–Trinajstić information content (AvgIpc) is 2.35. The highest BCUT2D eigenvalue weighted by Crippen LogP contribution is 2.04. The van der Waals surface area contributed by atoms with E-state index in [1.807, 2.05) is 0 Å². The molecule has 110 valence electrons. The Labute approximate surface area is 117 Å². The van der Waals surface area contributed by atoms with Gasteiger partial charge in [0.1, 0.15) is 9.84 Å². The van der Waals surface area contributed by atoms with Gasteiger partial charge in [-0.15, -0.1) is 0 Å². The Bertz CT molecular complexity index is 581. The van der Waals surface area contributed by atoms with Gasteiger partial charge >= 0.3 is 0 Å². The van der Waals surface area contributed by atoms with Crippen molar-refractivity contribution in [3.8, 4) is 0 Å². The molecule has 0 saturated heterocycles. The van der Waals surface area contributed by atoms with Gasteiger partial charge in [0.15, 0.2) is 0 Å². The van der Waals surface area contributed by atoms with Crippen molar-refractivity contribution in [1.29, 1.82) is 0 Å². The Morgan fingerprint density at radius 2 is 1.75 bits per heavy atom. The van der Waals surface area contributed by atoms with E-state index in [2.05, 4.69) is 10.6 Å². The SMILES string of the molecule is CS(=O)(=O)CCNC(=O)CNC(=O)c1ccc(N)cc1. The van der Waals surface area contributed by atoms with Crippen LogP contribution >= 0.6 is 0 Å². The third-order valence-electron chi connectivity index (χ3n) is 2.38. The third-order valence-corrected chi connectivity index (χ3v) is 3.32. The van der Waals surface area contributed by atoms with Crippen LogP contribution in [0.25, 0.3) is 0 Å². The molecule has 2 amide bonds. The number of nitrogen functional groups attached to an aromatic ring is 1. The summed E-state index contributed by atoms with van der Waals surface area (Å²) < 4.78 is 21.7. The fraction of sp³-hybridized carbons (Fsp3) is 0.333. The predicted octanol–water partition coefficient (Wildman–Crippen LogP) is -0.841. The molecular weight excluding hydrogens is 282 g/mol. The van der Waals surface area contributed by atoms with Crippen LogP contribution in [-0.2, 0) is 14.6 Å². The van der Waals surface area contributed by atoms with Crippen LogP contribution in [0.15, 0.2) is 24.3 Å². The number of benzene rings is 1. The average molecular weight is 299 g/mol. The molecule has 0 fully saturated rings. The molecule has 0 aliphatic carbocycles. The zero-order chi connectivity index (χ0) is 15.2. The highest BCUT2D eigenvalue weighted by atomic mass is 32.2. The van der Waals surface area contributed by atoms with Crippen molar-refractivity contribution < 1.29 is 18.0 Å². The van der Waals surface area contributed by atoms with E-state index in [1.54, 1.807) is 24.3 Å². The van der Waals surface area contributed by atoms with Crippen molar-refractivity contribution in [2.45, 2.75) is 0 Å². The highest BCUT2D eigenvalue weighted by molar-refractivity contribution is 7.90. The van der Waals surface area contributed by atoms with Crippen LogP contribution in [-0.4, -0.2) is 45.3 Å². The maximum absolute atomic E-state index is 11.7. The van der Waals surface area contributed by atoms with E-state index >= 15 is 0 Å². The summed E-state index contributed by atoms with van der Waals surface area (Å²) in [5.74, 6) is -0.981. The minimum atomic E-state index is -3.11. The van der Waals surface area contributed by atoms with Gasteiger partial charge in [-0.05, 0) is 24.3 Å². The van der Waals surface area contributed by atoms with Crippen molar-refractivity contribution in [3.05, 3.63) is 29.8 Å². The molecule has 0 spiro atoms. The van der Waals surface area contributed by atoms with Crippen LogP contribution < -0.4 is 16.4 Å². The molecule has 1 aromatic rings. The van der Waals surface area contributed by atoms with E-state index in [9.17, 15) is 18.0 Å². The Kier molecular flexibility index (Phi) is 5.51. The maximum atomic E-state index is 11.7. The fourth-order valence-corrected chi connectivity index (χ4v) is 1.81. The fourth-order valence-electron chi connectivity index (χ4n) is 1.34. The largest absolute Gasteiger partial charge is 0.399 e.